The van der Waals surface area contributed by atoms with Gasteiger partial charge in [-0.2, -0.15) is 0 Å². The van der Waals surface area contributed by atoms with Crippen LogP contribution in [0.4, 0.5) is 5.69 Å². The van der Waals surface area contributed by atoms with E-state index < -0.39 is 11.9 Å². The second-order valence-corrected chi connectivity index (χ2v) is 4.50. The normalized spacial score (nSPS) is 11.7. The number of aliphatic carboxylic acids is 1. The summed E-state index contributed by atoms with van der Waals surface area (Å²) in [6.45, 7) is 2.76. The van der Waals surface area contributed by atoms with Crippen molar-refractivity contribution in [2.75, 3.05) is 18.5 Å². The zero-order valence-corrected chi connectivity index (χ0v) is 11.8. The lowest BCUT2D eigenvalue weighted by atomic mass is 9.99. The molecule has 21 heavy (non-hydrogen) atoms. The molecule has 2 aromatic rings. The van der Waals surface area contributed by atoms with Gasteiger partial charge in [-0.3, -0.25) is 4.79 Å². The summed E-state index contributed by atoms with van der Waals surface area (Å²) in [7, 11) is 0. The third kappa shape index (κ3) is 4.21. The summed E-state index contributed by atoms with van der Waals surface area (Å²) < 4.78 is 5.26. The molecule has 1 atom stereocenters. The van der Waals surface area contributed by atoms with E-state index in [1.165, 1.54) is 0 Å². The number of carboxylic acid groups (broad SMARTS) is 1. The number of carboxylic acids is 1. The molecule has 0 aliphatic carbocycles. The highest BCUT2D eigenvalue weighted by Crippen LogP contribution is 2.18. The monoisotopic (exact) mass is 286 g/mol. The third-order valence-electron chi connectivity index (χ3n) is 3.04. The number of pyridine rings is 1. The molecule has 0 fully saturated rings. The topological polar surface area (TPSA) is 71.5 Å². The van der Waals surface area contributed by atoms with Crippen LogP contribution in [-0.2, 0) is 4.79 Å². The number of ether oxygens (including phenoxy) is 1. The minimum Gasteiger partial charge on any atom is -0.481 e. The highest BCUT2D eigenvalue weighted by Gasteiger charge is 2.19. The van der Waals surface area contributed by atoms with Crippen molar-refractivity contribution in [3.05, 3.63) is 54.2 Å². The number of benzene rings is 1. The minimum absolute atomic E-state index is 0.301. The molecule has 110 valence electrons. The Morgan fingerprint density at radius 1 is 1.29 bits per heavy atom. The van der Waals surface area contributed by atoms with Crippen molar-refractivity contribution < 1.29 is 14.6 Å². The van der Waals surface area contributed by atoms with Crippen molar-refractivity contribution >= 4 is 11.7 Å². The molecule has 0 spiro atoms. The Morgan fingerprint density at radius 3 is 2.62 bits per heavy atom. The fourth-order valence-electron chi connectivity index (χ4n) is 1.97. The van der Waals surface area contributed by atoms with Crippen LogP contribution in [0.5, 0.6) is 5.88 Å². The van der Waals surface area contributed by atoms with E-state index >= 15 is 0 Å². The number of hydrogen-bond donors (Lipinski definition) is 2. The fraction of sp³-hybridized carbons (Fsp3) is 0.250. The van der Waals surface area contributed by atoms with Crippen LogP contribution in [0.2, 0.25) is 0 Å². The van der Waals surface area contributed by atoms with Crippen LogP contribution >= 0.6 is 0 Å². The van der Waals surface area contributed by atoms with Gasteiger partial charge in [0.15, 0.2) is 0 Å². The second kappa shape index (κ2) is 7.28. The van der Waals surface area contributed by atoms with Gasteiger partial charge in [-0.05, 0) is 18.6 Å². The van der Waals surface area contributed by atoms with Crippen molar-refractivity contribution in [3.63, 3.8) is 0 Å². The molecule has 5 nitrogen and oxygen atoms in total. The van der Waals surface area contributed by atoms with Crippen molar-refractivity contribution in [1.82, 2.24) is 4.98 Å². The van der Waals surface area contributed by atoms with E-state index in [2.05, 4.69) is 10.3 Å². The summed E-state index contributed by atoms with van der Waals surface area (Å²) in [6, 6.07) is 12.7. The van der Waals surface area contributed by atoms with Crippen molar-refractivity contribution in [1.29, 1.82) is 0 Å². The molecule has 0 aliphatic heterocycles. The van der Waals surface area contributed by atoms with E-state index in [9.17, 15) is 9.90 Å². The first-order valence-corrected chi connectivity index (χ1v) is 6.81. The number of carbonyl (C=O) groups is 1. The Hall–Kier alpha value is -2.56. The maximum absolute atomic E-state index is 11.4. The van der Waals surface area contributed by atoms with Gasteiger partial charge in [0, 0.05) is 12.6 Å². The highest BCUT2D eigenvalue weighted by molar-refractivity contribution is 5.77. The summed E-state index contributed by atoms with van der Waals surface area (Å²) in [5.74, 6) is -0.897. The molecule has 0 bridgehead atoms. The molecule has 1 unspecified atom stereocenters. The van der Waals surface area contributed by atoms with Gasteiger partial charge < -0.3 is 15.2 Å². The molecule has 0 radical (unpaired) electrons. The third-order valence-corrected chi connectivity index (χ3v) is 3.04. The van der Waals surface area contributed by atoms with Gasteiger partial charge >= 0.3 is 5.97 Å². The number of hydrogen-bond acceptors (Lipinski definition) is 4. The summed E-state index contributed by atoms with van der Waals surface area (Å²) in [5.41, 5.74) is 1.54. The molecule has 0 saturated carbocycles. The van der Waals surface area contributed by atoms with E-state index in [-0.39, 0.29) is 0 Å². The van der Waals surface area contributed by atoms with Gasteiger partial charge in [0.05, 0.1) is 24.4 Å². The maximum Gasteiger partial charge on any atom is 0.312 e. The first-order chi connectivity index (χ1) is 10.2. The number of aromatic nitrogens is 1. The summed E-state index contributed by atoms with van der Waals surface area (Å²) in [4.78, 5) is 15.5. The van der Waals surface area contributed by atoms with Gasteiger partial charge in [0.1, 0.15) is 0 Å². The van der Waals surface area contributed by atoms with Crippen molar-refractivity contribution in [2.24, 2.45) is 0 Å². The summed E-state index contributed by atoms with van der Waals surface area (Å²) in [6.07, 6.45) is 1.63. The quantitative estimate of drug-likeness (QED) is 0.819. The van der Waals surface area contributed by atoms with Gasteiger partial charge in [-0.25, -0.2) is 4.98 Å². The highest BCUT2D eigenvalue weighted by atomic mass is 16.5. The van der Waals surface area contributed by atoms with Crippen LogP contribution in [0.3, 0.4) is 0 Å². The lowest BCUT2D eigenvalue weighted by Crippen LogP contribution is -2.20. The lowest BCUT2D eigenvalue weighted by molar-refractivity contribution is -0.138. The van der Waals surface area contributed by atoms with Crippen LogP contribution in [0, 0.1) is 0 Å². The number of nitrogens with one attached hydrogen (secondary N) is 1. The largest absolute Gasteiger partial charge is 0.481 e. The average Bonchev–Trinajstić information content (AvgIpc) is 2.50. The Bertz CT molecular complexity index is 570. The zero-order chi connectivity index (χ0) is 15.1. The van der Waals surface area contributed by atoms with Crippen LogP contribution in [0.15, 0.2) is 48.7 Å². The van der Waals surface area contributed by atoms with Gasteiger partial charge in [-0.15, -0.1) is 0 Å². The number of nitrogens with zero attached hydrogens (tertiary/aromatic N) is 1. The predicted octanol–water partition coefficient (Wildman–Crippen LogP) is 2.76. The summed E-state index contributed by atoms with van der Waals surface area (Å²) >= 11 is 0. The van der Waals surface area contributed by atoms with Gasteiger partial charge in [0.2, 0.25) is 5.88 Å². The molecule has 0 amide bonds. The molecule has 1 aromatic heterocycles. The molecule has 1 aromatic carbocycles. The fourth-order valence-corrected chi connectivity index (χ4v) is 1.97. The van der Waals surface area contributed by atoms with E-state index in [1.807, 2.05) is 43.3 Å². The van der Waals surface area contributed by atoms with Gasteiger partial charge in [-0.1, -0.05) is 30.3 Å². The SMILES string of the molecule is CCOc1ccc(NCC(C(=O)O)c2ccccc2)cn1. The van der Waals surface area contributed by atoms with Gasteiger partial charge in [0.25, 0.3) is 0 Å². The summed E-state index contributed by atoms with van der Waals surface area (Å²) in [5, 5.41) is 12.4. The second-order valence-electron chi connectivity index (χ2n) is 4.50. The van der Waals surface area contributed by atoms with Crippen LogP contribution in [-0.4, -0.2) is 29.2 Å². The van der Waals surface area contributed by atoms with Crippen molar-refractivity contribution in [3.8, 4) is 5.88 Å². The molecular formula is C16H18N2O3. The van der Waals surface area contributed by atoms with E-state index in [0.717, 1.165) is 11.3 Å². The molecule has 5 heteroatoms. The van der Waals surface area contributed by atoms with Crippen LogP contribution in [0.25, 0.3) is 0 Å². The van der Waals surface area contributed by atoms with Crippen LogP contribution in [0.1, 0.15) is 18.4 Å². The first-order valence-electron chi connectivity index (χ1n) is 6.81. The molecule has 1 heterocycles. The van der Waals surface area contributed by atoms with Crippen molar-refractivity contribution in [2.45, 2.75) is 12.8 Å². The Labute approximate surface area is 123 Å². The van der Waals surface area contributed by atoms with Crippen LogP contribution < -0.4 is 10.1 Å². The number of anilines is 1. The Balaban J connectivity index is 2.00. The Morgan fingerprint density at radius 2 is 2.05 bits per heavy atom. The standard InChI is InChI=1S/C16H18N2O3/c1-2-21-15-9-8-13(10-18-15)17-11-14(16(19)20)12-6-4-3-5-7-12/h3-10,14,17H,2,11H2,1H3,(H,19,20). The molecule has 0 aliphatic rings. The van der Waals surface area contributed by atoms with E-state index in [4.69, 9.17) is 4.74 Å². The minimum atomic E-state index is -0.854. The molecular weight excluding hydrogens is 268 g/mol. The number of rotatable bonds is 7. The molecule has 0 saturated heterocycles. The molecule has 2 rings (SSSR count). The van der Waals surface area contributed by atoms with E-state index in [0.29, 0.717) is 19.0 Å². The predicted molar refractivity (Wildman–Crippen MR) is 80.7 cm³/mol. The zero-order valence-electron chi connectivity index (χ0n) is 11.8. The lowest BCUT2D eigenvalue weighted by Gasteiger charge is -2.14. The smallest absolute Gasteiger partial charge is 0.312 e. The Kier molecular flexibility index (Phi) is 5.15. The maximum atomic E-state index is 11.4. The first kappa shape index (κ1) is 14.8. The average molecular weight is 286 g/mol. The molecule has 2 N–H and O–H groups in total. The van der Waals surface area contributed by atoms with E-state index in [1.54, 1.807) is 12.3 Å².